The van der Waals surface area contributed by atoms with E-state index in [0.29, 0.717) is 6.42 Å². The minimum atomic E-state index is -0.418. The molecule has 0 radical (unpaired) electrons. The van der Waals surface area contributed by atoms with Gasteiger partial charge in [-0.1, -0.05) is 62.2 Å². The molecule has 128 valence electrons. The summed E-state index contributed by atoms with van der Waals surface area (Å²) in [6.07, 6.45) is 5.72. The van der Waals surface area contributed by atoms with Crippen molar-refractivity contribution in [1.29, 1.82) is 0 Å². The number of carbonyl (C=O) groups is 2. The number of hydroxylamine groups is 1. The fraction of sp³-hybridized carbons (Fsp3) is 0.400. The predicted molar refractivity (Wildman–Crippen MR) is 95.3 cm³/mol. The Morgan fingerprint density at radius 2 is 1.71 bits per heavy atom. The SMILES string of the molecule is CCC(=O)ONC(=O)CCCCCCc1cccc2ccccc12. The number of hydrogen-bond acceptors (Lipinski definition) is 3. The van der Waals surface area contributed by atoms with Gasteiger partial charge in [-0.3, -0.25) is 4.79 Å². The van der Waals surface area contributed by atoms with Crippen LogP contribution in [-0.4, -0.2) is 11.9 Å². The molecule has 0 fully saturated rings. The van der Waals surface area contributed by atoms with Crippen LogP contribution in [0.15, 0.2) is 42.5 Å². The molecule has 0 bridgehead atoms. The number of fused-ring (bicyclic) bond motifs is 1. The largest absolute Gasteiger partial charge is 0.341 e. The summed E-state index contributed by atoms with van der Waals surface area (Å²) in [5, 5.41) is 2.62. The lowest BCUT2D eigenvalue weighted by Crippen LogP contribution is -2.26. The number of benzene rings is 2. The zero-order valence-electron chi connectivity index (χ0n) is 14.2. The Kier molecular flexibility index (Phi) is 7.27. The molecule has 4 heteroatoms. The number of amides is 1. The van der Waals surface area contributed by atoms with Crippen LogP contribution in [0.1, 0.15) is 51.0 Å². The van der Waals surface area contributed by atoms with Gasteiger partial charge < -0.3 is 4.84 Å². The molecule has 4 nitrogen and oxygen atoms in total. The molecule has 0 saturated carbocycles. The van der Waals surface area contributed by atoms with Crippen molar-refractivity contribution < 1.29 is 14.4 Å². The van der Waals surface area contributed by atoms with Gasteiger partial charge in [-0.25, -0.2) is 4.79 Å². The first kappa shape index (κ1) is 18.0. The van der Waals surface area contributed by atoms with Crippen molar-refractivity contribution in [2.45, 2.75) is 51.9 Å². The van der Waals surface area contributed by atoms with Gasteiger partial charge >= 0.3 is 5.97 Å². The molecule has 0 heterocycles. The van der Waals surface area contributed by atoms with E-state index in [1.54, 1.807) is 6.92 Å². The van der Waals surface area contributed by atoms with Crippen molar-refractivity contribution in [3.8, 4) is 0 Å². The molecule has 0 aromatic heterocycles. The zero-order chi connectivity index (χ0) is 17.2. The Balaban J connectivity index is 1.63. The highest BCUT2D eigenvalue weighted by Gasteiger charge is 2.05. The summed E-state index contributed by atoms with van der Waals surface area (Å²) in [6, 6.07) is 14.9. The average Bonchev–Trinajstić information content (AvgIpc) is 2.62. The molecular formula is C20H25NO3. The van der Waals surface area contributed by atoms with Crippen LogP contribution < -0.4 is 5.48 Å². The van der Waals surface area contributed by atoms with Crippen molar-refractivity contribution in [1.82, 2.24) is 5.48 Å². The Labute approximate surface area is 143 Å². The summed E-state index contributed by atoms with van der Waals surface area (Å²) in [5.41, 5.74) is 3.57. The Morgan fingerprint density at radius 1 is 0.958 bits per heavy atom. The van der Waals surface area contributed by atoms with Crippen LogP contribution in [0.25, 0.3) is 10.8 Å². The van der Waals surface area contributed by atoms with E-state index in [9.17, 15) is 9.59 Å². The molecular weight excluding hydrogens is 302 g/mol. The number of hydrogen-bond donors (Lipinski definition) is 1. The van der Waals surface area contributed by atoms with E-state index in [2.05, 4.69) is 52.8 Å². The summed E-state index contributed by atoms with van der Waals surface area (Å²) in [6.45, 7) is 1.68. The van der Waals surface area contributed by atoms with Crippen molar-refractivity contribution in [3.05, 3.63) is 48.0 Å². The maximum Gasteiger partial charge on any atom is 0.331 e. The van der Waals surface area contributed by atoms with Crippen molar-refractivity contribution in [3.63, 3.8) is 0 Å². The van der Waals surface area contributed by atoms with E-state index in [1.165, 1.54) is 16.3 Å². The second kappa shape index (κ2) is 9.71. The van der Waals surface area contributed by atoms with Gasteiger partial charge in [0.15, 0.2) is 0 Å². The third kappa shape index (κ3) is 5.69. The standard InChI is InChI=1S/C20H25NO3/c1-2-20(23)24-21-19(22)15-6-4-3-5-10-16-12-9-13-17-11-7-8-14-18(16)17/h7-9,11-14H,2-6,10,15H2,1H3,(H,21,22). The Morgan fingerprint density at radius 3 is 2.54 bits per heavy atom. The zero-order valence-corrected chi connectivity index (χ0v) is 14.2. The van der Waals surface area contributed by atoms with Crippen molar-refractivity contribution in [2.75, 3.05) is 0 Å². The number of carbonyl (C=O) groups excluding carboxylic acids is 2. The highest BCUT2D eigenvalue weighted by molar-refractivity contribution is 5.85. The van der Waals surface area contributed by atoms with E-state index in [1.807, 2.05) is 0 Å². The van der Waals surface area contributed by atoms with Gasteiger partial charge in [0.1, 0.15) is 0 Å². The minimum Gasteiger partial charge on any atom is -0.341 e. The molecule has 1 amide bonds. The van der Waals surface area contributed by atoms with Gasteiger partial charge in [0.2, 0.25) is 0 Å². The molecule has 0 aliphatic carbocycles. The second-order valence-corrected chi connectivity index (χ2v) is 5.91. The van der Waals surface area contributed by atoms with E-state index in [0.717, 1.165) is 32.1 Å². The van der Waals surface area contributed by atoms with E-state index in [4.69, 9.17) is 0 Å². The first-order valence-electron chi connectivity index (χ1n) is 8.66. The predicted octanol–water partition coefficient (Wildman–Crippen LogP) is 4.32. The summed E-state index contributed by atoms with van der Waals surface area (Å²) in [7, 11) is 0. The van der Waals surface area contributed by atoms with Crippen LogP contribution in [0.3, 0.4) is 0 Å². The first-order chi connectivity index (χ1) is 11.7. The van der Waals surface area contributed by atoms with E-state index < -0.39 is 5.97 Å². The molecule has 0 atom stereocenters. The van der Waals surface area contributed by atoms with Crippen LogP contribution >= 0.6 is 0 Å². The Bertz CT molecular complexity index is 676. The van der Waals surface area contributed by atoms with Gasteiger partial charge in [0.05, 0.1) is 0 Å². The molecule has 24 heavy (non-hydrogen) atoms. The van der Waals surface area contributed by atoms with Gasteiger partial charge in [-0.05, 0) is 35.6 Å². The highest BCUT2D eigenvalue weighted by atomic mass is 16.7. The lowest BCUT2D eigenvalue weighted by molar-refractivity contribution is -0.158. The molecule has 2 aromatic rings. The number of nitrogens with one attached hydrogen (secondary N) is 1. The summed E-state index contributed by atoms with van der Waals surface area (Å²) in [4.78, 5) is 27.0. The van der Waals surface area contributed by atoms with Crippen LogP contribution in [0.2, 0.25) is 0 Å². The monoisotopic (exact) mass is 327 g/mol. The molecule has 1 N–H and O–H groups in total. The molecule has 0 unspecified atom stereocenters. The van der Waals surface area contributed by atoms with Crippen molar-refractivity contribution >= 4 is 22.6 Å². The fourth-order valence-corrected chi connectivity index (χ4v) is 2.70. The van der Waals surface area contributed by atoms with Crippen LogP contribution in [0.4, 0.5) is 0 Å². The maximum atomic E-state index is 11.5. The minimum absolute atomic E-state index is 0.231. The average molecular weight is 327 g/mol. The molecule has 2 rings (SSSR count). The van der Waals surface area contributed by atoms with Gasteiger partial charge in [-0.2, -0.15) is 5.48 Å². The molecule has 2 aromatic carbocycles. The van der Waals surface area contributed by atoms with Gasteiger partial charge in [0.25, 0.3) is 5.91 Å². The quantitative estimate of drug-likeness (QED) is 0.580. The van der Waals surface area contributed by atoms with Gasteiger partial charge in [0, 0.05) is 12.8 Å². The molecule has 0 saturated heterocycles. The van der Waals surface area contributed by atoms with Gasteiger partial charge in [-0.15, -0.1) is 0 Å². The molecule has 0 aliphatic heterocycles. The van der Waals surface area contributed by atoms with Crippen LogP contribution in [0.5, 0.6) is 0 Å². The second-order valence-electron chi connectivity index (χ2n) is 5.91. The third-order valence-electron chi connectivity index (χ3n) is 4.05. The topological polar surface area (TPSA) is 55.4 Å². The number of unbranched alkanes of at least 4 members (excludes halogenated alkanes) is 3. The summed E-state index contributed by atoms with van der Waals surface area (Å²) >= 11 is 0. The molecule has 0 spiro atoms. The lowest BCUT2D eigenvalue weighted by Gasteiger charge is -2.07. The molecule has 0 aliphatic rings. The van der Waals surface area contributed by atoms with E-state index in [-0.39, 0.29) is 12.3 Å². The summed E-state index contributed by atoms with van der Waals surface area (Å²) in [5.74, 6) is -0.649. The Hall–Kier alpha value is -2.36. The van der Waals surface area contributed by atoms with Crippen molar-refractivity contribution in [2.24, 2.45) is 0 Å². The highest BCUT2D eigenvalue weighted by Crippen LogP contribution is 2.20. The van der Waals surface area contributed by atoms with Crippen LogP contribution in [0, 0.1) is 0 Å². The smallest absolute Gasteiger partial charge is 0.331 e. The third-order valence-corrected chi connectivity index (χ3v) is 4.05. The van der Waals surface area contributed by atoms with Crippen LogP contribution in [-0.2, 0) is 20.8 Å². The number of aryl methyl sites for hydroxylation is 1. The summed E-state index contributed by atoms with van der Waals surface area (Å²) < 4.78 is 0. The lowest BCUT2D eigenvalue weighted by atomic mass is 9.99. The number of rotatable bonds is 8. The van der Waals surface area contributed by atoms with E-state index >= 15 is 0 Å². The normalized spacial score (nSPS) is 10.5. The maximum absolute atomic E-state index is 11.5. The first-order valence-corrected chi connectivity index (χ1v) is 8.66. The fourth-order valence-electron chi connectivity index (χ4n) is 2.70.